The zero-order valence-electron chi connectivity index (χ0n) is 16.3. The van der Waals surface area contributed by atoms with Gasteiger partial charge in [0.15, 0.2) is 5.16 Å². The Hall–Kier alpha value is -2.26. The average Bonchev–Trinajstić information content (AvgIpc) is 2.96. The molecule has 1 amide bonds. The Kier molecular flexibility index (Phi) is 6.69. The molecule has 9 heteroatoms. The lowest BCUT2D eigenvalue weighted by molar-refractivity contribution is -0.113. The first-order valence-corrected chi connectivity index (χ1v) is 11.0. The third kappa shape index (κ3) is 4.67. The van der Waals surface area contributed by atoms with Crippen molar-refractivity contribution in [3.05, 3.63) is 50.6 Å². The summed E-state index contributed by atoms with van der Waals surface area (Å²) < 4.78 is 28.3. The van der Waals surface area contributed by atoms with E-state index in [0.29, 0.717) is 28.0 Å². The third-order valence-corrected chi connectivity index (χ3v) is 6.60. The number of anilines is 1. The minimum Gasteiger partial charge on any atom is -0.323 e. The van der Waals surface area contributed by atoms with Crippen molar-refractivity contribution in [2.75, 3.05) is 11.1 Å². The Morgan fingerprint density at radius 3 is 2.76 bits per heavy atom. The molecule has 0 aliphatic rings. The van der Waals surface area contributed by atoms with Crippen molar-refractivity contribution in [3.63, 3.8) is 0 Å². The zero-order valence-corrected chi connectivity index (χ0v) is 18.0. The van der Waals surface area contributed by atoms with E-state index in [1.54, 1.807) is 4.57 Å². The van der Waals surface area contributed by atoms with Crippen molar-refractivity contribution in [3.8, 4) is 0 Å². The highest BCUT2D eigenvalue weighted by Gasteiger charge is 2.18. The van der Waals surface area contributed by atoms with Gasteiger partial charge in [0.1, 0.15) is 16.5 Å². The molecule has 5 nitrogen and oxygen atoms in total. The van der Waals surface area contributed by atoms with E-state index in [0.717, 1.165) is 41.1 Å². The topological polar surface area (TPSA) is 64.0 Å². The molecular weight excluding hydrogens is 416 g/mol. The monoisotopic (exact) mass is 437 g/mol. The maximum absolute atomic E-state index is 13.7. The summed E-state index contributed by atoms with van der Waals surface area (Å²) in [5.74, 6) is -2.07. The molecule has 2 aromatic heterocycles. The number of amides is 1. The number of carbonyl (C=O) groups excluding carboxylic acids is 1. The van der Waals surface area contributed by atoms with Crippen molar-refractivity contribution >= 4 is 44.9 Å². The van der Waals surface area contributed by atoms with E-state index in [1.807, 2.05) is 20.8 Å². The fourth-order valence-corrected chi connectivity index (χ4v) is 4.74. The van der Waals surface area contributed by atoms with Crippen LogP contribution in [0.5, 0.6) is 0 Å². The van der Waals surface area contributed by atoms with Gasteiger partial charge in [-0.2, -0.15) is 0 Å². The second-order valence-electron chi connectivity index (χ2n) is 6.63. The molecule has 29 heavy (non-hydrogen) atoms. The molecule has 0 fully saturated rings. The molecule has 154 valence electrons. The van der Waals surface area contributed by atoms with Crippen molar-refractivity contribution in [1.82, 2.24) is 9.55 Å². The van der Waals surface area contributed by atoms with E-state index in [1.165, 1.54) is 17.4 Å². The van der Waals surface area contributed by atoms with Crippen LogP contribution in [0.15, 0.2) is 28.2 Å². The summed E-state index contributed by atoms with van der Waals surface area (Å²) in [6, 6.07) is 2.96. The molecule has 2 heterocycles. The van der Waals surface area contributed by atoms with Crippen LogP contribution >= 0.6 is 23.1 Å². The second-order valence-corrected chi connectivity index (χ2v) is 8.77. The van der Waals surface area contributed by atoms with Crippen LogP contribution in [0.3, 0.4) is 0 Å². The number of unbranched alkanes of at least 4 members (excludes halogenated alkanes) is 1. The molecule has 0 bridgehead atoms. The van der Waals surface area contributed by atoms with Gasteiger partial charge in [0.05, 0.1) is 16.8 Å². The maximum atomic E-state index is 13.7. The van der Waals surface area contributed by atoms with Gasteiger partial charge in [-0.25, -0.2) is 13.8 Å². The van der Waals surface area contributed by atoms with Gasteiger partial charge in [-0.05, 0) is 38.0 Å². The normalized spacial score (nSPS) is 11.2. The highest BCUT2D eigenvalue weighted by atomic mass is 32.2. The standard InChI is InChI=1S/C20H21F2N3O2S2/c1-4-5-8-25-19(27)17-11(2)12(3)29-18(17)24-20(25)28-10-16(26)23-15-7-6-13(21)9-14(15)22/h6-7,9H,4-5,8,10H2,1-3H3,(H,23,26). The van der Waals surface area contributed by atoms with Gasteiger partial charge in [-0.15, -0.1) is 11.3 Å². The summed E-state index contributed by atoms with van der Waals surface area (Å²) in [4.78, 5) is 31.6. The lowest BCUT2D eigenvalue weighted by Crippen LogP contribution is -2.24. The molecule has 0 radical (unpaired) electrons. The van der Waals surface area contributed by atoms with E-state index >= 15 is 0 Å². The Morgan fingerprint density at radius 2 is 2.07 bits per heavy atom. The van der Waals surface area contributed by atoms with Crippen molar-refractivity contribution in [2.45, 2.75) is 45.3 Å². The highest BCUT2D eigenvalue weighted by molar-refractivity contribution is 7.99. The number of halogens is 2. The highest BCUT2D eigenvalue weighted by Crippen LogP contribution is 2.28. The van der Waals surface area contributed by atoms with Crippen LogP contribution in [0.25, 0.3) is 10.2 Å². The number of nitrogens with one attached hydrogen (secondary N) is 1. The van der Waals surface area contributed by atoms with Crippen LogP contribution in [-0.4, -0.2) is 21.2 Å². The smallest absolute Gasteiger partial charge is 0.263 e. The van der Waals surface area contributed by atoms with Gasteiger partial charge in [-0.1, -0.05) is 25.1 Å². The quantitative estimate of drug-likeness (QED) is 0.423. The molecule has 0 aliphatic heterocycles. The molecule has 1 aromatic carbocycles. The molecular formula is C20H21F2N3O2S2. The van der Waals surface area contributed by atoms with E-state index in [9.17, 15) is 18.4 Å². The van der Waals surface area contributed by atoms with Crippen molar-refractivity contribution < 1.29 is 13.6 Å². The summed E-state index contributed by atoms with van der Waals surface area (Å²) in [5.41, 5.74) is 0.750. The van der Waals surface area contributed by atoms with Gasteiger partial charge in [0, 0.05) is 17.5 Å². The van der Waals surface area contributed by atoms with Crippen LogP contribution in [0.1, 0.15) is 30.2 Å². The van der Waals surface area contributed by atoms with Crippen LogP contribution in [0.4, 0.5) is 14.5 Å². The summed E-state index contributed by atoms with van der Waals surface area (Å²) in [6.45, 7) is 6.42. The Morgan fingerprint density at radius 1 is 1.31 bits per heavy atom. The summed E-state index contributed by atoms with van der Waals surface area (Å²) >= 11 is 2.58. The number of aryl methyl sites for hydroxylation is 2. The number of hydrogen-bond acceptors (Lipinski definition) is 5. The van der Waals surface area contributed by atoms with Gasteiger partial charge in [0.25, 0.3) is 5.56 Å². The van der Waals surface area contributed by atoms with E-state index in [2.05, 4.69) is 10.3 Å². The van der Waals surface area contributed by atoms with E-state index in [4.69, 9.17) is 0 Å². The van der Waals surface area contributed by atoms with Gasteiger partial charge >= 0.3 is 0 Å². The molecule has 0 unspecified atom stereocenters. The number of hydrogen-bond donors (Lipinski definition) is 1. The molecule has 0 spiro atoms. The first kappa shape index (κ1) is 21.4. The number of nitrogens with zero attached hydrogens (tertiary/aromatic N) is 2. The Bertz CT molecular complexity index is 1130. The lowest BCUT2D eigenvalue weighted by Gasteiger charge is -2.12. The minimum absolute atomic E-state index is 0.0514. The lowest BCUT2D eigenvalue weighted by atomic mass is 10.2. The van der Waals surface area contributed by atoms with E-state index < -0.39 is 17.5 Å². The fourth-order valence-electron chi connectivity index (χ4n) is 2.84. The Balaban J connectivity index is 1.84. The number of thiophene rings is 1. The molecule has 3 aromatic rings. The minimum atomic E-state index is -0.840. The number of fused-ring (bicyclic) bond motifs is 1. The predicted octanol–water partition coefficient (Wildman–Crippen LogP) is 4.88. The molecule has 0 saturated heterocycles. The molecule has 0 atom stereocenters. The summed E-state index contributed by atoms with van der Waals surface area (Å²) in [6.07, 6.45) is 1.73. The maximum Gasteiger partial charge on any atom is 0.263 e. The second kappa shape index (κ2) is 9.04. The summed E-state index contributed by atoms with van der Waals surface area (Å²) in [7, 11) is 0. The zero-order chi connectivity index (χ0) is 21.1. The number of thioether (sulfide) groups is 1. The number of carbonyl (C=O) groups is 1. The molecule has 0 aliphatic carbocycles. The predicted molar refractivity (Wildman–Crippen MR) is 114 cm³/mol. The molecule has 1 N–H and O–H groups in total. The van der Waals surface area contributed by atoms with Crippen molar-refractivity contribution in [1.29, 1.82) is 0 Å². The summed E-state index contributed by atoms with van der Waals surface area (Å²) in [5, 5.41) is 3.52. The first-order chi connectivity index (χ1) is 13.8. The van der Waals surface area contributed by atoms with Gasteiger partial charge in [0.2, 0.25) is 5.91 Å². The van der Waals surface area contributed by atoms with Gasteiger partial charge in [-0.3, -0.25) is 14.2 Å². The first-order valence-electron chi connectivity index (χ1n) is 9.20. The van der Waals surface area contributed by atoms with Gasteiger partial charge < -0.3 is 5.32 Å². The van der Waals surface area contributed by atoms with Crippen LogP contribution in [-0.2, 0) is 11.3 Å². The third-order valence-electron chi connectivity index (χ3n) is 4.53. The van der Waals surface area contributed by atoms with Crippen LogP contribution in [0.2, 0.25) is 0 Å². The van der Waals surface area contributed by atoms with Crippen molar-refractivity contribution in [2.24, 2.45) is 0 Å². The number of benzene rings is 1. The molecule has 3 rings (SSSR count). The largest absolute Gasteiger partial charge is 0.323 e. The SMILES string of the molecule is CCCCn1c(SCC(=O)Nc2ccc(F)cc2F)nc2sc(C)c(C)c2c1=O. The van der Waals surface area contributed by atoms with Crippen LogP contribution in [0, 0.1) is 25.5 Å². The number of rotatable bonds is 7. The molecule has 0 saturated carbocycles. The Labute approximate surface area is 175 Å². The fraction of sp³-hybridized carbons (Fsp3) is 0.350. The van der Waals surface area contributed by atoms with Crippen LogP contribution < -0.4 is 10.9 Å². The average molecular weight is 438 g/mol. The number of aromatic nitrogens is 2. The van der Waals surface area contributed by atoms with E-state index in [-0.39, 0.29) is 17.0 Å².